The van der Waals surface area contributed by atoms with Gasteiger partial charge in [-0.3, -0.25) is 4.79 Å². The minimum Gasteiger partial charge on any atom is -0.345 e. The SMILES string of the molecule is CCc1cccc(CC)c1NC(=O)/C(C#N)=C\Nc1ccc(Br)cn1. The third-order valence-electron chi connectivity index (χ3n) is 3.69. The minimum absolute atomic E-state index is 0.0160. The van der Waals surface area contributed by atoms with E-state index in [9.17, 15) is 10.1 Å². The van der Waals surface area contributed by atoms with Crippen molar-refractivity contribution in [2.24, 2.45) is 0 Å². The molecular formula is C19H19BrN4O. The standard InChI is InChI=1S/C19H19BrN4O/c1-3-13-6-5-7-14(4-2)18(13)24-19(25)15(10-21)11-22-17-9-8-16(20)12-23-17/h5-9,11-12H,3-4H2,1-2H3,(H,22,23)(H,24,25)/b15-11-. The van der Waals surface area contributed by atoms with E-state index in [0.29, 0.717) is 5.82 Å². The lowest BCUT2D eigenvalue weighted by molar-refractivity contribution is -0.112. The van der Waals surface area contributed by atoms with Crippen LogP contribution in [0.2, 0.25) is 0 Å². The molecule has 0 unspecified atom stereocenters. The van der Waals surface area contributed by atoms with E-state index < -0.39 is 5.91 Å². The minimum atomic E-state index is -0.442. The zero-order valence-corrected chi connectivity index (χ0v) is 15.7. The van der Waals surface area contributed by atoms with E-state index in [4.69, 9.17) is 0 Å². The molecule has 1 aromatic heterocycles. The molecule has 5 nitrogen and oxygen atoms in total. The highest BCUT2D eigenvalue weighted by molar-refractivity contribution is 9.10. The van der Waals surface area contributed by atoms with Crippen molar-refractivity contribution in [1.29, 1.82) is 5.26 Å². The number of nitrogens with one attached hydrogen (secondary N) is 2. The fraction of sp³-hybridized carbons (Fsp3) is 0.211. The third-order valence-corrected chi connectivity index (χ3v) is 4.16. The summed E-state index contributed by atoms with van der Waals surface area (Å²) in [5.74, 6) is 0.106. The average molecular weight is 399 g/mol. The number of halogens is 1. The highest BCUT2D eigenvalue weighted by Gasteiger charge is 2.13. The Balaban J connectivity index is 2.19. The lowest BCUT2D eigenvalue weighted by Gasteiger charge is -2.14. The molecule has 25 heavy (non-hydrogen) atoms. The molecule has 128 valence electrons. The molecule has 0 atom stereocenters. The van der Waals surface area contributed by atoms with E-state index in [1.807, 2.05) is 44.2 Å². The van der Waals surface area contributed by atoms with Crippen LogP contribution in [0.1, 0.15) is 25.0 Å². The van der Waals surface area contributed by atoms with Gasteiger partial charge in [-0.15, -0.1) is 0 Å². The first-order valence-corrected chi connectivity index (χ1v) is 8.78. The summed E-state index contributed by atoms with van der Waals surface area (Å²) >= 11 is 3.30. The molecule has 1 amide bonds. The van der Waals surface area contributed by atoms with Gasteiger partial charge in [0.05, 0.1) is 0 Å². The van der Waals surface area contributed by atoms with Crippen LogP contribution in [-0.4, -0.2) is 10.9 Å². The molecular weight excluding hydrogens is 380 g/mol. The first-order chi connectivity index (χ1) is 12.1. The second-order valence-electron chi connectivity index (χ2n) is 5.29. The molecule has 0 aliphatic heterocycles. The Morgan fingerprint density at radius 1 is 1.24 bits per heavy atom. The van der Waals surface area contributed by atoms with Crippen LogP contribution in [0.4, 0.5) is 11.5 Å². The number of aryl methyl sites for hydroxylation is 2. The smallest absolute Gasteiger partial charge is 0.267 e. The molecule has 2 rings (SSSR count). The Hall–Kier alpha value is -2.65. The van der Waals surface area contributed by atoms with Crippen molar-refractivity contribution in [2.45, 2.75) is 26.7 Å². The molecule has 0 fully saturated rings. The van der Waals surface area contributed by atoms with Crippen LogP contribution < -0.4 is 10.6 Å². The molecule has 0 radical (unpaired) electrons. The summed E-state index contributed by atoms with van der Waals surface area (Å²) in [6, 6.07) is 11.4. The Morgan fingerprint density at radius 2 is 1.92 bits per heavy atom. The van der Waals surface area contributed by atoms with Gasteiger partial charge in [-0.2, -0.15) is 5.26 Å². The Kier molecular flexibility index (Phi) is 6.72. The second kappa shape index (κ2) is 9.00. The second-order valence-corrected chi connectivity index (χ2v) is 6.20. The monoisotopic (exact) mass is 398 g/mol. The number of pyridine rings is 1. The summed E-state index contributed by atoms with van der Waals surface area (Å²) in [4.78, 5) is 16.6. The van der Waals surface area contributed by atoms with Crippen molar-refractivity contribution < 1.29 is 4.79 Å². The molecule has 0 spiro atoms. The highest BCUT2D eigenvalue weighted by Crippen LogP contribution is 2.23. The summed E-state index contributed by atoms with van der Waals surface area (Å²) in [6.45, 7) is 4.07. The van der Waals surface area contributed by atoms with Gasteiger partial charge in [-0.1, -0.05) is 32.0 Å². The number of anilines is 2. The number of hydrogen-bond acceptors (Lipinski definition) is 4. The van der Waals surface area contributed by atoms with Crippen LogP contribution in [0.15, 0.2) is 52.8 Å². The molecule has 0 aliphatic carbocycles. The van der Waals surface area contributed by atoms with Gasteiger partial charge in [0.25, 0.3) is 5.91 Å². The lowest BCUT2D eigenvalue weighted by atomic mass is 10.0. The molecule has 0 bridgehead atoms. The van der Waals surface area contributed by atoms with Gasteiger partial charge in [-0.25, -0.2) is 4.98 Å². The number of carbonyl (C=O) groups is 1. The largest absolute Gasteiger partial charge is 0.345 e. The van der Waals surface area contributed by atoms with E-state index in [-0.39, 0.29) is 5.57 Å². The molecule has 2 N–H and O–H groups in total. The number of nitrogens with zero attached hydrogens (tertiary/aromatic N) is 2. The quantitative estimate of drug-likeness (QED) is 0.557. The van der Waals surface area contributed by atoms with E-state index in [1.54, 1.807) is 12.3 Å². The summed E-state index contributed by atoms with van der Waals surface area (Å²) < 4.78 is 0.851. The normalized spacial score (nSPS) is 10.9. The van der Waals surface area contributed by atoms with Crippen molar-refractivity contribution in [3.8, 4) is 6.07 Å². The maximum atomic E-state index is 12.5. The average Bonchev–Trinajstić information content (AvgIpc) is 2.63. The number of carbonyl (C=O) groups excluding carboxylic acids is 1. The number of benzene rings is 1. The Morgan fingerprint density at radius 3 is 2.44 bits per heavy atom. The number of rotatable bonds is 6. The number of amides is 1. The van der Waals surface area contributed by atoms with E-state index in [1.165, 1.54) is 6.20 Å². The topological polar surface area (TPSA) is 77.8 Å². The maximum Gasteiger partial charge on any atom is 0.267 e. The number of nitriles is 1. The van der Waals surface area contributed by atoms with Crippen molar-refractivity contribution in [2.75, 3.05) is 10.6 Å². The molecule has 6 heteroatoms. The Bertz CT molecular complexity index is 800. The van der Waals surface area contributed by atoms with Crippen LogP contribution in [0.25, 0.3) is 0 Å². The Labute approximate surface area is 155 Å². The van der Waals surface area contributed by atoms with Crippen LogP contribution >= 0.6 is 15.9 Å². The highest BCUT2D eigenvalue weighted by atomic mass is 79.9. The molecule has 1 aromatic carbocycles. The fourth-order valence-electron chi connectivity index (χ4n) is 2.34. The molecule has 0 aliphatic rings. The van der Waals surface area contributed by atoms with Crippen LogP contribution in [0.5, 0.6) is 0 Å². The van der Waals surface area contributed by atoms with Crippen LogP contribution in [0.3, 0.4) is 0 Å². The van der Waals surface area contributed by atoms with Gasteiger partial charge in [0, 0.05) is 22.6 Å². The van der Waals surface area contributed by atoms with Crippen LogP contribution in [0, 0.1) is 11.3 Å². The summed E-state index contributed by atoms with van der Waals surface area (Å²) in [5, 5.41) is 15.1. The molecule has 0 saturated heterocycles. The number of aromatic nitrogens is 1. The number of hydrogen-bond donors (Lipinski definition) is 2. The maximum absolute atomic E-state index is 12.5. The zero-order valence-electron chi connectivity index (χ0n) is 14.1. The van der Waals surface area contributed by atoms with E-state index >= 15 is 0 Å². The summed E-state index contributed by atoms with van der Waals surface area (Å²) in [7, 11) is 0. The van der Waals surface area contributed by atoms with Crippen LogP contribution in [-0.2, 0) is 17.6 Å². The molecule has 0 saturated carbocycles. The van der Waals surface area contributed by atoms with Gasteiger partial charge >= 0.3 is 0 Å². The first kappa shape index (κ1) is 18.7. The van der Waals surface area contributed by atoms with Gasteiger partial charge in [0.1, 0.15) is 17.5 Å². The first-order valence-electron chi connectivity index (χ1n) is 7.99. The van der Waals surface area contributed by atoms with Crippen molar-refractivity contribution in [3.05, 3.63) is 63.9 Å². The van der Waals surface area contributed by atoms with Crippen molar-refractivity contribution in [1.82, 2.24) is 4.98 Å². The van der Waals surface area contributed by atoms with Gasteiger partial charge < -0.3 is 10.6 Å². The van der Waals surface area contributed by atoms with Crippen molar-refractivity contribution in [3.63, 3.8) is 0 Å². The summed E-state index contributed by atoms with van der Waals surface area (Å²) in [5.41, 5.74) is 2.87. The van der Waals surface area contributed by atoms with E-state index in [0.717, 1.165) is 34.1 Å². The van der Waals surface area contributed by atoms with E-state index in [2.05, 4.69) is 31.5 Å². The lowest BCUT2D eigenvalue weighted by Crippen LogP contribution is -2.17. The number of para-hydroxylation sites is 1. The van der Waals surface area contributed by atoms with Gasteiger partial charge in [0.2, 0.25) is 0 Å². The predicted molar refractivity (Wildman–Crippen MR) is 103 cm³/mol. The van der Waals surface area contributed by atoms with Crippen molar-refractivity contribution >= 4 is 33.3 Å². The zero-order chi connectivity index (χ0) is 18.2. The third kappa shape index (κ3) is 4.91. The molecule has 2 aromatic rings. The van der Waals surface area contributed by atoms with Gasteiger partial charge in [-0.05, 0) is 52.0 Å². The van der Waals surface area contributed by atoms with Gasteiger partial charge in [0.15, 0.2) is 0 Å². The summed E-state index contributed by atoms with van der Waals surface area (Å²) in [6.07, 6.45) is 4.60. The fourth-order valence-corrected chi connectivity index (χ4v) is 2.57. The molecule has 1 heterocycles. The predicted octanol–water partition coefficient (Wildman–Crippen LogP) is 4.43.